The molecule has 2 aliphatic rings. The molecule has 2 heterocycles. The average Bonchev–Trinajstić information content (AvgIpc) is 3.33. The molecule has 4 rings (SSSR count). The van der Waals surface area contributed by atoms with Crippen LogP contribution < -0.4 is 10.5 Å². The molecule has 2 N–H and O–H groups in total. The number of carbonyl (C=O) groups is 1. The van der Waals surface area contributed by atoms with Gasteiger partial charge >= 0.3 is 0 Å². The quantitative estimate of drug-likeness (QED) is 0.825. The Morgan fingerprint density at radius 3 is 2.72 bits per heavy atom. The molecule has 7 heteroatoms. The van der Waals surface area contributed by atoms with Gasteiger partial charge in [-0.2, -0.15) is 5.10 Å². The summed E-state index contributed by atoms with van der Waals surface area (Å²) in [6.07, 6.45) is 4.62. The fraction of sp³-hybridized carbons (Fsp3) is 0.556. The van der Waals surface area contributed by atoms with Crippen molar-refractivity contribution in [2.45, 2.75) is 19.4 Å². The summed E-state index contributed by atoms with van der Waals surface area (Å²) in [4.78, 5) is 17.0. The van der Waals surface area contributed by atoms with Crippen LogP contribution in [0.15, 0.2) is 18.3 Å². The van der Waals surface area contributed by atoms with Crippen LogP contribution in [-0.2, 0) is 11.3 Å². The number of aromatic nitrogens is 2. The smallest absolute Gasteiger partial charge is 0.244 e. The van der Waals surface area contributed by atoms with Crippen molar-refractivity contribution in [3.8, 4) is 5.75 Å². The van der Waals surface area contributed by atoms with Gasteiger partial charge in [0, 0.05) is 50.4 Å². The Kier molecular flexibility index (Phi) is 4.25. The number of amides is 1. The molecule has 0 spiro atoms. The van der Waals surface area contributed by atoms with Crippen LogP contribution in [0, 0.1) is 5.92 Å². The standard InChI is InChI=1S/C18H25N5O2/c1-25-17-9-16-14(8-15(17)19)11-23(20-16)12-18(24)22-6-4-21(5-7-22)10-13-2-3-13/h8-9,11,13H,2-7,10,12,19H2,1H3. The second-order valence-electron chi connectivity index (χ2n) is 7.10. The number of nitrogen functional groups attached to an aromatic ring is 1. The molecule has 2 fully saturated rings. The number of fused-ring (bicyclic) bond motifs is 1. The van der Waals surface area contributed by atoms with Crippen molar-refractivity contribution in [1.29, 1.82) is 0 Å². The van der Waals surface area contributed by atoms with E-state index in [1.54, 1.807) is 11.8 Å². The van der Waals surface area contributed by atoms with Gasteiger partial charge in [0.1, 0.15) is 12.3 Å². The van der Waals surface area contributed by atoms with Crippen LogP contribution in [0.4, 0.5) is 5.69 Å². The minimum absolute atomic E-state index is 0.124. The van der Waals surface area contributed by atoms with Crippen molar-refractivity contribution in [1.82, 2.24) is 19.6 Å². The average molecular weight is 343 g/mol. The summed E-state index contributed by atoms with van der Waals surface area (Å²) < 4.78 is 6.92. The van der Waals surface area contributed by atoms with Crippen LogP contribution in [0.5, 0.6) is 5.75 Å². The summed E-state index contributed by atoms with van der Waals surface area (Å²) in [5.74, 6) is 1.64. The highest BCUT2D eigenvalue weighted by Crippen LogP contribution is 2.30. The van der Waals surface area contributed by atoms with E-state index in [0.717, 1.165) is 43.0 Å². The largest absolute Gasteiger partial charge is 0.495 e. The summed E-state index contributed by atoms with van der Waals surface area (Å²) in [6.45, 7) is 5.06. The number of benzene rings is 1. The molecule has 7 nitrogen and oxygen atoms in total. The molecule has 0 bridgehead atoms. The minimum atomic E-state index is 0.124. The Labute approximate surface area is 147 Å². The summed E-state index contributed by atoms with van der Waals surface area (Å²) in [5.41, 5.74) is 7.30. The summed E-state index contributed by atoms with van der Waals surface area (Å²) in [7, 11) is 1.58. The van der Waals surface area contributed by atoms with Gasteiger partial charge in [-0.1, -0.05) is 0 Å². The van der Waals surface area contributed by atoms with Gasteiger partial charge in [-0.15, -0.1) is 0 Å². The molecule has 25 heavy (non-hydrogen) atoms. The van der Waals surface area contributed by atoms with Crippen molar-refractivity contribution in [2.75, 3.05) is 45.6 Å². The highest BCUT2D eigenvalue weighted by Gasteiger charge is 2.27. The number of hydrogen-bond donors (Lipinski definition) is 1. The number of piperazine rings is 1. The number of nitrogens with two attached hydrogens (primary N) is 1. The Morgan fingerprint density at radius 1 is 1.28 bits per heavy atom. The Bertz CT molecular complexity index is 775. The maximum absolute atomic E-state index is 12.6. The van der Waals surface area contributed by atoms with Crippen LogP contribution in [0.1, 0.15) is 12.8 Å². The molecule has 2 aromatic rings. The van der Waals surface area contributed by atoms with Crippen molar-refractivity contribution in [2.24, 2.45) is 5.92 Å². The van der Waals surface area contributed by atoms with E-state index in [1.807, 2.05) is 23.2 Å². The van der Waals surface area contributed by atoms with Gasteiger partial charge in [0.25, 0.3) is 0 Å². The fourth-order valence-electron chi connectivity index (χ4n) is 3.46. The van der Waals surface area contributed by atoms with E-state index in [-0.39, 0.29) is 12.5 Å². The molecule has 1 saturated heterocycles. The molecule has 1 amide bonds. The fourth-order valence-corrected chi connectivity index (χ4v) is 3.46. The molecule has 1 saturated carbocycles. The van der Waals surface area contributed by atoms with Gasteiger partial charge in [-0.25, -0.2) is 0 Å². The molecular weight excluding hydrogens is 318 g/mol. The van der Waals surface area contributed by atoms with Crippen LogP contribution in [0.2, 0.25) is 0 Å². The lowest BCUT2D eigenvalue weighted by atomic mass is 10.2. The van der Waals surface area contributed by atoms with Gasteiger partial charge in [0.05, 0.1) is 18.3 Å². The topological polar surface area (TPSA) is 76.6 Å². The van der Waals surface area contributed by atoms with Gasteiger partial charge < -0.3 is 15.4 Å². The van der Waals surface area contributed by atoms with Crippen LogP contribution in [0.3, 0.4) is 0 Å². The van der Waals surface area contributed by atoms with E-state index in [9.17, 15) is 4.79 Å². The first-order valence-electron chi connectivity index (χ1n) is 8.93. The maximum Gasteiger partial charge on any atom is 0.244 e. The highest BCUT2D eigenvalue weighted by molar-refractivity contribution is 5.85. The molecule has 1 aromatic carbocycles. The lowest BCUT2D eigenvalue weighted by Gasteiger charge is -2.34. The van der Waals surface area contributed by atoms with Gasteiger partial charge in [-0.05, 0) is 24.8 Å². The predicted molar refractivity (Wildman–Crippen MR) is 96.4 cm³/mol. The van der Waals surface area contributed by atoms with Crippen molar-refractivity contribution >= 4 is 22.5 Å². The SMILES string of the molecule is COc1cc2nn(CC(=O)N3CCN(CC4CC4)CC3)cc2cc1N. The van der Waals surface area contributed by atoms with Crippen LogP contribution in [-0.4, -0.2) is 65.3 Å². The van der Waals surface area contributed by atoms with Crippen LogP contribution in [0.25, 0.3) is 10.9 Å². The zero-order chi connectivity index (χ0) is 17.4. The first kappa shape index (κ1) is 16.2. The molecule has 134 valence electrons. The zero-order valence-electron chi connectivity index (χ0n) is 14.6. The van der Waals surface area contributed by atoms with Crippen molar-refractivity contribution < 1.29 is 9.53 Å². The molecular formula is C18H25N5O2. The zero-order valence-corrected chi connectivity index (χ0v) is 14.6. The predicted octanol–water partition coefficient (Wildman–Crippen LogP) is 1.18. The molecule has 1 aliphatic carbocycles. The molecule has 0 atom stereocenters. The molecule has 0 unspecified atom stereocenters. The number of ether oxygens (including phenoxy) is 1. The van der Waals surface area contributed by atoms with E-state index in [4.69, 9.17) is 10.5 Å². The normalized spacial score (nSPS) is 18.7. The van der Waals surface area contributed by atoms with E-state index < -0.39 is 0 Å². The van der Waals surface area contributed by atoms with Gasteiger partial charge in [-0.3, -0.25) is 14.4 Å². The third-order valence-corrected chi connectivity index (χ3v) is 5.14. The number of anilines is 1. The minimum Gasteiger partial charge on any atom is -0.495 e. The third kappa shape index (κ3) is 3.56. The van der Waals surface area contributed by atoms with E-state index >= 15 is 0 Å². The summed E-state index contributed by atoms with van der Waals surface area (Å²) in [6, 6.07) is 3.64. The number of methoxy groups -OCH3 is 1. The Morgan fingerprint density at radius 2 is 2.04 bits per heavy atom. The number of rotatable bonds is 5. The van der Waals surface area contributed by atoms with Crippen molar-refractivity contribution in [3.63, 3.8) is 0 Å². The summed E-state index contributed by atoms with van der Waals surface area (Å²) in [5, 5.41) is 5.40. The van der Waals surface area contributed by atoms with Crippen LogP contribution >= 0.6 is 0 Å². The maximum atomic E-state index is 12.6. The lowest BCUT2D eigenvalue weighted by Crippen LogP contribution is -2.49. The Balaban J connectivity index is 1.38. The van der Waals surface area contributed by atoms with E-state index in [2.05, 4.69) is 10.00 Å². The molecule has 0 radical (unpaired) electrons. The van der Waals surface area contributed by atoms with Gasteiger partial charge in [0.15, 0.2) is 0 Å². The lowest BCUT2D eigenvalue weighted by molar-refractivity contribution is -0.133. The molecule has 1 aliphatic heterocycles. The highest BCUT2D eigenvalue weighted by atomic mass is 16.5. The number of nitrogens with zero attached hydrogens (tertiary/aromatic N) is 4. The number of carbonyl (C=O) groups excluding carboxylic acids is 1. The second kappa shape index (κ2) is 6.55. The van der Waals surface area contributed by atoms with E-state index in [1.165, 1.54) is 19.4 Å². The second-order valence-corrected chi connectivity index (χ2v) is 7.10. The first-order valence-corrected chi connectivity index (χ1v) is 8.93. The molecule has 1 aromatic heterocycles. The summed E-state index contributed by atoms with van der Waals surface area (Å²) >= 11 is 0. The van der Waals surface area contributed by atoms with E-state index in [0.29, 0.717) is 11.4 Å². The van der Waals surface area contributed by atoms with Crippen molar-refractivity contribution in [3.05, 3.63) is 18.3 Å². The number of hydrogen-bond acceptors (Lipinski definition) is 5. The third-order valence-electron chi connectivity index (χ3n) is 5.14. The monoisotopic (exact) mass is 343 g/mol. The van der Waals surface area contributed by atoms with Gasteiger partial charge in [0.2, 0.25) is 5.91 Å². The Hall–Kier alpha value is -2.28. The first-order chi connectivity index (χ1) is 12.1.